The highest BCUT2D eigenvalue weighted by atomic mass is 35.5. The van der Waals surface area contributed by atoms with Gasteiger partial charge in [0.15, 0.2) is 0 Å². The summed E-state index contributed by atoms with van der Waals surface area (Å²) in [5.41, 5.74) is 5.02. The highest BCUT2D eigenvalue weighted by molar-refractivity contribution is 6.31. The Kier molecular flexibility index (Phi) is 7.14. The Morgan fingerprint density at radius 2 is 1.86 bits per heavy atom. The molecule has 2 aliphatic rings. The van der Waals surface area contributed by atoms with Gasteiger partial charge in [0.2, 0.25) is 0 Å². The summed E-state index contributed by atoms with van der Waals surface area (Å²) in [6.07, 6.45) is 0.548. The van der Waals surface area contributed by atoms with Crippen molar-refractivity contribution in [1.29, 1.82) is 0 Å². The van der Waals surface area contributed by atoms with Gasteiger partial charge in [0, 0.05) is 17.9 Å². The van der Waals surface area contributed by atoms with Crippen LogP contribution in [0, 0.1) is 0 Å². The maximum atomic E-state index is 10.2. The van der Waals surface area contributed by atoms with Crippen molar-refractivity contribution in [3.05, 3.63) is 99.6 Å². The lowest BCUT2D eigenvalue weighted by Gasteiger charge is -2.32. The van der Waals surface area contributed by atoms with Crippen molar-refractivity contribution < 1.29 is 24.4 Å². The summed E-state index contributed by atoms with van der Waals surface area (Å²) in [6.45, 7) is 3.03. The number of halogens is 1. The van der Waals surface area contributed by atoms with Crippen molar-refractivity contribution in [2.24, 2.45) is 0 Å². The van der Waals surface area contributed by atoms with E-state index in [1.807, 2.05) is 54.6 Å². The van der Waals surface area contributed by atoms with Gasteiger partial charge in [0.05, 0.1) is 31.5 Å². The average molecular weight is 495 g/mol. The van der Waals surface area contributed by atoms with Crippen LogP contribution in [0.1, 0.15) is 53.7 Å². The van der Waals surface area contributed by atoms with Crippen LogP contribution in [0.3, 0.4) is 0 Å². The second kappa shape index (κ2) is 10.3. The van der Waals surface area contributed by atoms with Crippen molar-refractivity contribution in [1.82, 2.24) is 0 Å². The van der Waals surface area contributed by atoms with Gasteiger partial charge < -0.3 is 24.4 Å². The van der Waals surface area contributed by atoms with E-state index in [1.165, 1.54) is 11.1 Å². The number of aliphatic hydroxyl groups excluding tert-OH is 2. The molecule has 184 valence electrons. The largest absolute Gasteiger partial charge is 0.490 e. The fourth-order valence-corrected chi connectivity index (χ4v) is 5.18. The fourth-order valence-electron chi connectivity index (χ4n) is 4.99. The lowest BCUT2D eigenvalue weighted by atomic mass is 9.94. The van der Waals surface area contributed by atoms with E-state index in [1.54, 1.807) is 0 Å². The van der Waals surface area contributed by atoms with Gasteiger partial charge in [0.25, 0.3) is 0 Å². The predicted molar refractivity (Wildman–Crippen MR) is 135 cm³/mol. The van der Waals surface area contributed by atoms with Gasteiger partial charge in [-0.15, -0.1) is 0 Å². The minimum Gasteiger partial charge on any atom is -0.490 e. The zero-order valence-electron chi connectivity index (χ0n) is 19.8. The summed E-state index contributed by atoms with van der Waals surface area (Å²) in [5.74, 6) is 0.794. The molecule has 3 aromatic carbocycles. The van der Waals surface area contributed by atoms with E-state index >= 15 is 0 Å². The Labute approximate surface area is 211 Å². The van der Waals surface area contributed by atoms with Crippen molar-refractivity contribution in [3.63, 3.8) is 0 Å². The molecular weight excluding hydrogens is 464 g/mol. The van der Waals surface area contributed by atoms with E-state index < -0.39 is 11.7 Å². The zero-order valence-corrected chi connectivity index (χ0v) is 20.6. The second-order valence-corrected chi connectivity index (χ2v) is 10.1. The molecule has 4 unspecified atom stereocenters. The smallest absolute Gasteiger partial charge is 0.125 e. The molecule has 0 aromatic heterocycles. The normalized spacial score (nSPS) is 25.9. The van der Waals surface area contributed by atoms with Gasteiger partial charge in [-0.25, -0.2) is 0 Å². The van der Waals surface area contributed by atoms with Crippen LogP contribution in [0.4, 0.5) is 0 Å². The molecule has 4 atom stereocenters. The highest BCUT2D eigenvalue weighted by Crippen LogP contribution is 2.37. The number of aliphatic hydroxyl groups is 2. The molecule has 2 aliphatic heterocycles. The molecule has 1 saturated heterocycles. The average Bonchev–Trinajstić information content (AvgIpc) is 3.21. The summed E-state index contributed by atoms with van der Waals surface area (Å²) >= 11 is 6.51. The summed E-state index contributed by atoms with van der Waals surface area (Å²) < 4.78 is 18.1. The van der Waals surface area contributed by atoms with Crippen LogP contribution in [0.5, 0.6) is 5.75 Å². The van der Waals surface area contributed by atoms with Crippen LogP contribution in [0.15, 0.2) is 66.7 Å². The number of hydrogen-bond acceptors (Lipinski definition) is 5. The van der Waals surface area contributed by atoms with Crippen molar-refractivity contribution >= 4 is 11.6 Å². The molecule has 6 heteroatoms. The van der Waals surface area contributed by atoms with Gasteiger partial charge in [-0.2, -0.15) is 0 Å². The molecule has 5 nitrogen and oxygen atoms in total. The van der Waals surface area contributed by atoms with E-state index in [0.717, 1.165) is 22.4 Å². The molecule has 0 bridgehead atoms. The summed E-state index contributed by atoms with van der Waals surface area (Å²) in [5, 5.41) is 20.3. The molecule has 0 radical (unpaired) electrons. The van der Waals surface area contributed by atoms with E-state index in [9.17, 15) is 10.2 Å². The third kappa shape index (κ3) is 5.40. The molecule has 2 heterocycles. The molecular formula is C29H31ClO5. The third-order valence-electron chi connectivity index (χ3n) is 6.99. The quantitative estimate of drug-likeness (QED) is 0.464. The van der Waals surface area contributed by atoms with E-state index in [4.69, 9.17) is 25.8 Å². The topological polar surface area (TPSA) is 68.2 Å². The van der Waals surface area contributed by atoms with E-state index in [-0.39, 0.29) is 18.8 Å². The van der Waals surface area contributed by atoms with Gasteiger partial charge in [-0.3, -0.25) is 0 Å². The number of benzene rings is 3. The molecule has 0 saturated carbocycles. The van der Waals surface area contributed by atoms with Crippen LogP contribution in [0.25, 0.3) is 0 Å². The van der Waals surface area contributed by atoms with Gasteiger partial charge >= 0.3 is 0 Å². The number of hydrogen-bond donors (Lipinski definition) is 2. The van der Waals surface area contributed by atoms with Crippen molar-refractivity contribution in [3.8, 4) is 5.75 Å². The van der Waals surface area contributed by atoms with Crippen LogP contribution >= 0.6 is 11.6 Å². The lowest BCUT2D eigenvalue weighted by molar-refractivity contribution is -0.113. The maximum Gasteiger partial charge on any atom is 0.125 e. The molecule has 5 rings (SSSR count). The molecule has 35 heavy (non-hydrogen) atoms. The summed E-state index contributed by atoms with van der Waals surface area (Å²) in [7, 11) is 0. The first-order valence-electron chi connectivity index (χ1n) is 12.1. The molecule has 0 spiro atoms. The zero-order chi connectivity index (χ0) is 24.4. The molecule has 0 amide bonds. The van der Waals surface area contributed by atoms with Crippen LogP contribution in [-0.4, -0.2) is 35.6 Å². The Hall–Kier alpha value is -2.41. The molecule has 2 N–H and O–H groups in total. The predicted octanol–water partition coefficient (Wildman–Crippen LogP) is 5.33. The number of ether oxygens (including phenoxy) is 3. The Morgan fingerprint density at radius 1 is 1.06 bits per heavy atom. The lowest BCUT2D eigenvalue weighted by Crippen LogP contribution is -2.33. The van der Waals surface area contributed by atoms with Crippen molar-refractivity contribution in [2.45, 2.75) is 56.7 Å². The monoisotopic (exact) mass is 494 g/mol. The number of fused-ring (bicyclic) bond motifs is 1. The fraction of sp³-hybridized carbons (Fsp3) is 0.379. The molecule has 1 fully saturated rings. The minimum absolute atomic E-state index is 0.0970. The first kappa shape index (κ1) is 24.3. The number of rotatable bonds is 7. The Morgan fingerprint density at radius 3 is 2.66 bits per heavy atom. The van der Waals surface area contributed by atoms with Crippen molar-refractivity contribution in [2.75, 3.05) is 13.2 Å². The first-order valence-corrected chi connectivity index (χ1v) is 12.5. The summed E-state index contributed by atoms with van der Waals surface area (Å²) in [6, 6.07) is 22.2. The van der Waals surface area contributed by atoms with Gasteiger partial charge in [-0.1, -0.05) is 60.1 Å². The standard InChI is InChI=1S/C29H31ClO5/c1-29(26-5-3-2-4-21(26)17-34-29)18-33-24-9-6-19(7-10-24)12-22-13-20(8-11-27(22)30)28-15-23(32)14-25(16-31)35-28/h2-11,13,23,25,28,31-32H,12,14-18H2,1H3. The highest BCUT2D eigenvalue weighted by Gasteiger charge is 2.36. The SMILES string of the molecule is CC1(COc2ccc(Cc3cc(C4CC(O)CC(CO)O4)ccc3Cl)cc2)OCc2ccccc21. The minimum atomic E-state index is -0.483. The van der Waals surface area contributed by atoms with Gasteiger partial charge in [-0.05, 0) is 59.4 Å². The first-order chi connectivity index (χ1) is 16.9. The molecule has 3 aromatic rings. The maximum absolute atomic E-state index is 10.2. The molecule has 0 aliphatic carbocycles. The van der Waals surface area contributed by atoms with E-state index in [2.05, 4.69) is 19.1 Å². The van der Waals surface area contributed by atoms with E-state index in [0.29, 0.717) is 37.5 Å². The summed E-state index contributed by atoms with van der Waals surface area (Å²) in [4.78, 5) is 0. The van der Waals surface area contributed by atoms with Crippen LogP contribution < -0.4 is 4.74 Å². The third-order valence-corrected chi connectivity index (χ3v) is 7.36. The van der Waals surface area contributed by atoms with Gasteiger partial charge in [0.1, 0.15) is 18.0 Å². The van der Waals surface area contributed by atoms with Crippen LogP contribution in [-0.2, 0) is 28.1 Å². The Bertz CT molecular complexity index is 1160. The Balaban J connectivity index is 1.24. The second-order valence-electron chi connectivity index (χ2n) is 9.69. The van der Waals surface area contributed by atoms with Crippen LogP contribution in [0.2, 0.25) is 5.02 Å².